The van der Waals surface area contributed by atoms with Crippen molar-refractivity contribution in [1.29, 1.82) is 0 Å². The van der Waals surface area contributed by atoms with Gasteiger partial charge in [-0.2, -0.15) is 0 Å². The van der Waals surface area contributed by atoms with Crippen LogP contribution in [0.2, 0.25) is 20.1 Å². The summed E-state index contributed by atoms with van der Waals surface area (Å²) in [6.07, 6.45) is 9.13. The number of hydrogen-bond acceptors (Lipinski definition) is 17. The van der Waals surface area contributed by atoms with Gasteiger partial charge in [0.1, 0.15) is 92.4 Å². The Hall–Kier alpha value is -9.41. The van der Waals surface area contributed by atoms with Crippen LogP contribution in [0.25, 0.3) is 44.2 Å². The lowest BCUT2D eigenvalue weighted by Crippen LogP contribution is -2.43. The summed E-state index contributed by atoms with van der Waals surface area (Å²) in [6, 6.07) is 20.0. The van der Waals surface area contributed by atoms with E-state index in [1.165, 1.54) is 38.0 Å². The Kier molecular flexibility index (Phi) is 29.8. The second kappa shape index (κ2) is 37.9. The summed E-state index contributed by atoms with van der Waals surface area (Å²) in [5, 5.41) is 30.4. The van der Waals surface area contributed by atoms with Crippen molar-refractivity contribution in [3.05, 3.63) is 261 Å². The molecule has 3 atom stereocenters. The number of halogens is 15. The third kappa shape index (κ3) is 20.9. The molecule has 0 radical (unpaired) electrons. The second-order valence-corrected chi connectivity index (χ2v) is 24.7. The number of ether oxygens (including phenoxy) is 2. The maximum Gasteiger partial charge on any atom is 0.491 e. The SMILES string of the molecule is COC(=O)[C@@H](N)Cc1ccc(Br)c2nccnc12.COC(=O)[C@H](Cc1ccc(Br)c2nccnc12)NC(=O)c1c(F)cccc1F.O=C(Cl)c1c(F)cccc1F.O=C(N[C@@H](Cc1ccc(-c2c(Cl)cc(F)cc2Cl)c2nccnc12)C(=O)O)c1c(F)cccc1F.OB(O)c1c(Cl)cc(F)cc1Cl. The van der Waals surface area contributed by atoms with Crippen LogP contribution in [0, 0.1) is 46.5 Å². The lowest BCUT2D eigenvalue weighted by molar-refractivity contribution is -0.143. The fourth-order valence-electron chi connectivity index (χ4n) is 9.59. The summed E-state index contributed by atoms with van der Waals surface area (Å²) in [7, 11) is 0.692. The van der Waals surface area contributed by atoms with Gasteiger partial charge >= 0.3 is 25.0 Å². The number of methoxy groups -OCH3 is 2. The minimum absolute atomic E-state index is 0.00302. The number of esters is 2. The average Bonchev–Trinajstić information content (AvgIpc) is 0.800. The van der Waals surface area contributed by atoms with E-state index in [0.29, 0.717) is 49.7 Å². The molecule has 0 aliphatic rings. The smallest absolute Gasteiger partial charge is 0.480 e. The van der Waals surface area contributed by atoms with Crippen LogP contribution in [-0.2, 0) is 43.1 Å². The summed E-state index contributed by atoms with van der Waals surface area (Å²) in [5.41, 5.74) is 9.08. The highest BCUT2D eigenvalue weighted by Gasteiger charge is 2.30. The third-order valence-corrected chi connectivity index (χ3v) is 17.0. The van der Waals surface area contributed by atoms with Crippen molar-refractivity contribution < 1.29 is 88.5 Å². The molecule has 8 aromatic carbocycles. The van der Waals surface area contributed by atoms with Crippen molar-refractivity contribution in [2.24, 2.45) is 5.73 Å². The minimum atomic E-state index is -1.79. The molecule has 36 heteroatoms. The fourth-order valence-corrected chi connectivity index (χ4v) is 11.9. The number of nitrogens with zero attached hydrogens (tertiary/aromatic N) is 6. The van der Waals surface area contributed by atoms with Crippen LogP contribution in [0.5, 0.6) is 0 Å². The molecule has 0 spiro atoms. The van der Waals surface area contributed by atoms with Crippen LogP contribution in [0.15, 0.2) is 161 Å². The van der Waals surface area contributed by atoms with Gasteiger partial charge in [-0.25, -0.2) is 44.7 Å². The third-order valence-electron chi connectivity index (χ3n) is 14.3. The van der Waals surface area contributed by atoms with Crippen LogP contribution in [0.3, 0.4) is 0 Å². The Labute approximate surface area is 625 Å². The van der Waals surface area contributed by atoms with E-state index >= 15 is 0 Å². The summed E-state index contributed by atoms with van der Waals surface area (Å²) in [6.45, 7) is 0. The van der Waals surface area contributed by atoms with Crippen LogP contribution in [0.4, 0.5) is 35.1 Å². The Morgan fingerprint density at radius 1 is 0.481 bits per heavy atom. The molecule has 0 bridgehead atoms. The topological polar surface area (TPSA) is 309 Å². The summed E-state index contributed by atoms with van der Waals surface area (Å²) in [5.74, 6) is -12.3. The molecule has 104 heavy (non-hydrogen) atoms. The number of rotatable bonds is 16. The highest BCUT2D eigenvalue weighted by atomic mass is 79.9. The zero-order valence-corrected chi connectivity index (χ0v) is 59.9. The Bertz CT molecular complexity index is 4970. The van der Waals surface area contributed by atoms with Crippen molar-refractivity contribution in [2.75, 3.05) is 14.2 Å². The number of aromatic nitrogens is 6. The van der Waals surface area contributed by atoms with Gasteiger partial charge in [0.2, 0.25) is 0 Å². The van der Waals surface area contributed by atoms with Gasteiger partial charge in [0, 0.05) is 92.0 Å². The van der Waals surface area contributed by atoms with Crippen molar-refractivity contribution in [1.82, 2.24) is 40.5 Å². The van der Waals surface area contributed by atoms with Gasteiger partial charge < -0.3 is 41.0 Å². The molecular weight excluding hydrogens is 1620 g/mol. The standard InChI is InChI=1S/C24H14Cl2F3N3O3.C19H14BrF2N3O3.C12H12BrN3O2.C7H3ClF2O.C6H4BCl2FO2/c25-14-9-12(27)10-15(26)19(14)13-5-4-11(21-22(13)31-7-6-30-21)8-18(24(34)35)32-23(33)20-16(28)2-1-3-17(20)29;1-28-19(27)14(25-18(26)15-12(21)3-2-4-13(15)22)9-10-5-6-11(20)17-16(10)23-7-8-24-17;1-18-12(17)9(14)6-7-2-3-8(13)11-10(7)15-4-5-16-11;8-7(11)6-4(9)2-1-3-5(6)10;8-4-1-3(10)2-5(9)6(4)7(11)12/h1-7,9-10,18H,8H2,(H,32,33)(H,34,35);2-8,14H,9H2,1H3,(H,25,26);2-5,9H,6,14H2,1H3;1-3H;1-2,11-12H/t18-;14-;9-;;/m000../s1. The zero-order valence-electron chi connectivity index (χ0n) is 52.9. The van der Waals surface area contributed by atoms with Gasteiger partial charge in [-0.15, -0.1) is 0 Å². The first kappa shape index (κ1) is 81.9. The first-order chi connectivity index (χ1) is 49.4. The molecule has 0 unspecified atom stereocenters. The maximum absolute atomic E-state index is 14.0. The van der Waals surface area contributed by atoms with Crippen LogP contribution in [0.1, 0.15) is 47.8 Å². The second-order valence-electron chi connectivity index (χ2n) is 21.1. The monoisotopic (exact) mass is 1660 g/mol. The first-order valence-corrected chi connectivity index (χ1v) is 32.8. The van der Waals surface area contributed by atoms with E-state index in [9.17, 15) is 69.0 Å². The van der Waals surface area contributed by atoms with E-state index in [0.717, 1.165) is 107 Å². The minimum Gasteiger partial charge on any atom is -0.480 e. The first-order valence-electron chi connectivity index (χ1n) is 29.3. The number of nitrogens with one attached hydrogen (secondary N) is 2. The molecule has 7 N–H and O–H groups in total. The van der Waals surface area contributed by atoms with E-state index in [1.54, 1.807) is 30.6 Å². The summed E-state index contributed by atoms with van der Waals surface area (Å²) in [4.78, 5) is 96.2. The lowest BCUT2D eigenvalue weighted by atomic mass is 9.80. The Morgan fingerprint density at radius 3 is 1.19 bits per heavy atom. The van der Waals surface area contributed by atoms with Crippen LogP contribution in [-0.4, -0.2) is 119 Å². The number of nitrogens with two attached hydrogens (primary N) is 1. The molecular formula is C68H47BBr2Cl5F8N9O11. The molecule has 0 fully saturated rings. The van der Waals surface area contributed by atoms with Crippen LogP contribution < -0.4 is 21.8 Å². The maximum atomic E-state index is 14.0. The van der Waals surface area contributed by atoms with Gasteiger partial charge in [-0.05, 0) is 133 Å². The average molecular weight is 1670 g/mol. The van der Waals surface area contributed by atoms with Crippen molar-refractivity contribution in [2.45, 2.75) is 37.4 Å². The molecule has 0 saturated heterocycles. The molecule has 0 aliphatic carbocycles. The van der Waals surface area contributed by atoms with Gasteiger partial charge in [-0.3, -0.25) is 49.1 Å². The molecule has 11 rings (SSSR count). The Morgan fingerprint density at radius 2 is 0.817 bits per heavy atom. The predicted octanol–water partition coefficient (Wildman–Crippen LogP) is 13.2. The molecule has 538 valence electrons. The van der Waals surface area contributed by atoms with E-state index in [4.69, 9.17) is 78.5 Å². The number of aliphatic carboxylic acids is 1. The molecule has 11 aromatic rings. The summed E-state index contributed by atoms with van der Waals surface area (Å²) >= 11 is 35.1. The number of carbonyl (C=O) groups is 6. The number of benzene rings is 8. The van der Waals surface area contributed by atoms with Gasteiger partial charge in [0.15, 0.2) is 0 Å². The van der Waals surface area contributed by atoms with E-state index in [2.05, 4.69) is 77.1 Å². The van der Waals surface area contributed by atoms with Gasteiger partial charge in [-0.1, -0.05) is 88.9 Å². The van der Waals surface area contributed by atoms with E-state index in [-0.39, 0.29) is 43.9 Å². The van der Waals surface area contributed by atoms with Crippen molar-refractivity contribution in [3.8, 4) is 11.1 Å². The normalized spacial score (nSPS) is 11.5. The Balaban J connectivity index is 0.000000195. The molecule has 2 amide bonds. The molecule has 20 nitrogen and oxygen atoms in total. The molecule has 0 saturated carbocycles. The number of fused-ring (bicyclic) bond motifs is 3. The molecule has 0 aliphatic heterocycles. The number of carbonyl (C=O) groups excluding carboxylic acids is 5. The van der Waals surface area contributed by atoms with Crippen molar-refractivity contribution in [3.63, 3.8) is 0 Å². The number of amides is 2. The van der Waals surface area contributed by atoms with Gasteiger partial charge in [0.25, 0.3) is 17.1 Å². The predicted molar refractivity (Wildman–Crippen MR) is 378 cm³/mol. The van der Waals surface area contributed by atoms with Crippen molar-refractivity contribution >= 4 is 171 Å². The summed E-state index contributed by atoms with van der Waals surface area (Å²) < 4.78 is 118. The number of carboxylic acids is 1. The van der Waals surface area contributed by atoms with E-state index in [1.807, 2.05) is 12.1 Å². The largest absolute Gasteiger partial charge is 0.491 e. The zero-order chi connectivity index (χ0) is 76.4. The van der Waals surface area contributed by atoms with Gasteiger partial charge in [0.05, 0.1) is 46.3 Å². The number of hydrogen-bond donors (Lipinski definition) is 6. The fraction of sp³-hybridized carbons (Fsp3) is 0.118. The lowest BCUT2D eigenvalue weighted by Gasteiger charge is -2.18. The quantitative estimate of drug-likeness (QED) is 0.0227. The highest BCUT2D eigenvalue weighted by Crippen LogP contribution is 2.39. The highest BCUT2D eigenvalue weighted by molar-refractivity contribution is 9.11. The number of carboxylic acid groups (broad SMARTS) is 1. The van der Waals surface area contributed by atoms with E-state index < -0.39 is 123 Å². The van der Waals surface area contributed by atoms with Crippen LogP contribution >= 0.6 is 89.9 Å². The molecule has 3 aromatic heterocycles. The molecule has 3 heterocycles.